The second-order valence-corrected chi connectivity index (χ2v) is 7.01. The summed E-state index contributed by atoms with van der Waals surface area (Å²) in [6.45, 7) is 3.54. The first-order valence-electron chi connectivity index (χ1n) is 8.53. The second kappa shape index (κ2) is 8.50. The molecule has 3 aromatic rings. The van der Waals surface area contributed by atoms with Gasteiger partial charge in [0.15, 0.2) is 6.61 Å². The quantitative estimate of drug-likeness (QED) is 0.581. The first-order chi connectivity index (χ1) is 13.4. The molecular formula is C21H18Cl2N2O3. The third kappa shape index (κ3) is 4.38. The zero-order valence-electron chi connectivity index (χ0n) is 15.3. The number of carbonyl (C=O) groups is 2. The van der Waals surface area contributed by atoms with Crippen LogP contribution in [0.25, 0.3) is 5.69 Å². The van der Waals surface area contributed by atoms with Crippen LogP contribution in [-0.2, 0) is 9.53 Å². The van der Waals surface area contributed by atoms with Crippen molar-refractivity contribution < 1.29 is 14.3 Å². The van der Waals surface area contributed by atoms with E-state index in [1.807, 2.05) is 36.6 Å². The minimum absolute atomic E-state index is 0.231. The molecule has 0 radical (unpaired) electrons. The Balaban J connectivity index is 1.66. The predicted octanol–water partition coefficient (Wildman–Crippen LogP) is 5.20. The fourth-order valence-electron chi connectivity index (χ4n) is 2.85. The Bertz CT molecular complexity index is 1020. The minimum Gasteiger partial charge on any atom is -0.452 e. The number of hydrogen-bond acceptors (Lipinski definition) is 3. The van der Waals surface area contributed by atoms with Crippen LogP contribution in [0.15, 0.2) is 54.6 Å². The number of hydrogen-bond donors (Lipinski definition) is 1. The van der Waals surface area contributed by atoms with Gasteiger partial charge in [-0.25, -0.2) is 4.79 Å². The number of aromatic nitrogens is 1. The van der Waals surface area contributed by atoms with Crippen molar-refractivity contribution in [2.75, 3.05) is 11.9 Å². The lowest BCUT2D eigenvalue weighted by Gasteiger charge is -2.11. The SMILES string of the molecule is Cc1ccc(C)n1-c1cccc(C(=O)OCC(=O)Nc2cccc(Cl)c2Cl)c1. The van der Waals surface area contributed by atoms with E-state index in [1.54, 1.807) is 36.4 Å². The highest BCUT2D eigenvalue weighted by Gasteiger charge is 2.14. The van der Waals surface area contributed by atoms with Crippen LogP contribution in [0.5, 0.6) is 0 Å². The number of anilines is 1. The summed E-state index contributed by atoms with van der Waals surface area (Å²) in [5, 5.41) is 3.12. The summed E-state index contributed by atoms with van der Waals surface area (Å²) in [4.78, 5) is 24.4. The molecule has 0 atom stereocenters. The van der Waals surface area contributed by atoms with Crippen molar-refractivity contribution in [1.29, 1.82) is 0 Å². The monoisotopic (exact) mass is 416 g/mol. The Labute approximate surface area is 172 Å². The Hall–Kier alpha value is -2.76. The molecule has 0 spiro atoms. The highest BCUT2D eigenvalue weighted by atomic mass is 35.5. The molecule has 5 nitrogen and oxygen atoms in total. The van der Waals surface area contributed by atoms with E-state index < -0.39 is 18.5 Å². The molecule has 0 unspecified atom stereocenters. The molecule has 0 saturated heterocycles. The number of carbonyl (C=O) groups excluding carboxylic acids is 2. The van der Waals surface area contributed by atoms with Crippen molar-refractivity contribution in [3.63, 3.8) is 0 Å². The number of benzene rings is 2. The number of aryl methyl sites for hydroxylation is 2. The molecule has 0 fully saturated rings. The van der Waals surface area contributed by atoms with Gasteiger partial charge in [0, 0.05) is 17.1 Å². The van der Waals surface area contributed by atoms with Gasteiger partial charge in [0.2, 0.25) is 0 Å². The average molecular weight is 417 g/mol. The highest BCUT2D eigenvalue weighted by molar-refractivity contribution is 6.44. The van der Waals surface area contributed by atoms with Crippen molar-refractivity contribution in [3.05, 3.63) is 81.6 Å². The summed E-state index contributed by atoms with van der Waals surface area (Å²) in [5.41, 5.74) is 3.68. The summed E-state index contributed by atoms with van der Waals surface area (Å²) in [6.07, 6.45) is 0. The molecule has 0 aliphatic heterocycles. The molecule has 7 heteroatoms. The van der Waals surface area contributed by atoms with Crippen LogP contribution in [0.4, 0.5) is 5.69 Å². The van der Waals surface area contributed by atoms with E-state index in [-0.39, 0.29) is 5.02 Å². The zero-order chi connectivity index (χ0) is 20.3. The number of nitrogens with zero attached hydrogens (tertiary/aromatic N) is 1. The van der Waals surface area contributed by atoms with Gasteiger partial charge < -0.3 is 14.6 Å². The largest absolute Gasteiger partial charge is 0.452 e. The summed E-state index contributed by atoms with van der Waals surface area (Å²) in [5.74, 6) is -1.09. The molecule has 0 saturated carbocycles. The van der Waals surface area contributed by atoms with Gasteiger partial charge >= 0.3 is 5.97 Å². The van der Waals surface area contributed by atoms with Crippen LogP contribution in [0.3, 0.4) is 0 Å². The minimum atomic E-state index is -0.586. The lowest BCUT2D eigenvalue weighted by molar-refractivity contribution is -0.119. The van der Waals surface area contributed by atoms with Gasteiger partial charge in [-0.1, -0.05) is 35.3 Å². The topological polar surface area (TPSA) is 60.3 Å². The lowest BCUT2D eigenvalue weighted by Crippen LogP contribution is -2.21. The fraction of sp³-hybridized carbons (Fsp3) is 0.143. The fourth-order valence-corrected chi connectivity index (χ4v) is 3.20. The molecule has 28 heavy (non-hydrogen) atoms. The second-order valence-electron chi connectivity index (χ2n) is 6.23. The van der Waals surface area contributed by atoms with Crippen LogP contribution in [0, 0.1) is 13.8 Å². The smallest absolute Gasteiger partial charge is 0.338 e. The van der Waals surface area contributed by atoms with E-state index in [2.05, 4.69) is 5.32 Å². The third-order valence-electron chi connectivity index (χ3n) is 4.17. The first-order valence-corrected chi connectivity index (χ1v) is 9.29. The zero-order valence-corrected chi connectivity index (χ0v) is 16.8. The first kappa shape index (κ1) is 20.0. The Morgan fingerprint density at radius 1 is 1.00 bits per heavy atom. The normalized spacial score (nSPS) is 10.6. The highest BCUT2D eigenvalue weighted by Crippen LogP contribution is 2.29. The van der Waals surface area contributed by atoms with Gasteiger partial charge in [-0.3, -0.25) is 4.79 Å². The molecule has 0 bridgehead atoms. The predicted molar refractivity (Wildman–Crippen MR) is 111 cm³/mol. The number of esters is 1. The molecular weight excluding hydrogens is 399 g/mol. The maximum Gasteiger partial charge on any atom is 0.338 e. The number of rotatable bonds is 5. The van der Waals surface area contributed by atoms with Gasteiger partial charge in [0.05, 0.1) is 21.3 Å². The molecule has 1 aromatic heterocycles. The molecule has 1 amide bonds. The molecule has 1 N–H and O–H groups in total. The molecule has 1 heterocycles. The van der Waals surface area contributed by atoms with Crippen LogP contribution in [0.1, 0.15) is 21.7 Å². The third-order valence-corrected chi connectivity index (χ3v) is 4.99. The van der Waals surface area contributed by atoms with E-state index in [1.165, 1.54) is 0 Å². The summed E-state index contributed by atoms with van der Waals surface area (Å²) in [7, 11) is 0. The standard InChI is InChI=1S/C21H18Cl2N2O3/c1-13-9-10-14(2)25(13)16-6-3-5-15(11-16)21(27)28-12-19(26)24-18-8-4-7-17(22)20(18)23/h3-11H,12H2,1-2H3,(H,24,26). The van der Waals surface area contributed by atoms with Crippen LogP contribution >= 0.6 is 23.2 Å². The summed E-state index contributed by atoms with van der Waals surface area (Å²) < 4.78 is 7.16. The molecule has 0 aliphatic carbocycles. The van der Waals surface area contributed by atoms with Crippen molar-refractivity contribution in [2.45, 2.75) is 13.8 Å². The van der Waals surface area contributed by atoms with E-state index >= 15 is 0 Å². The van der Waals surface area contributed by atoms with Crippen LogP contribution in [-0.4, -0.2) is 23.1 Å². The number of amides is 1. The van der Waals surface area contributed by atoms with E-state index in [9.17, 15) is 9.59 Å². The van der Waals surface area contributed by atoms with Crippen molar-refractivity contribution >= 4 is 40.8 Å². The summed E-state index contributed by atoms with van der Waals surface area (Å²) in [6, 6.07) is 15.9. The van der Waals surface area contributed by atoms with Crippen molar-refractivity contribution in [3.8, 4) is 5.69 Å². The molecule has 2 aromatic carbocycles. The Kier molecular flexibility index (Phi) is 6.07. The van der Waals surface area contributed by atoms with Gasteiger partial charge in [-0.15, -0.1) is 0 Å². The number of nitrogens with one attached hydrogen (secondary N) is 1. The van der Waals surface area contributed by atoms with E-state index in [4.69, 9.17) is 27.9 Å². The van der Waals surface area contributed by atoms with Crippen molar-refractivity contribution in [2.24, 2.45) is 0 Å². The Morgan fingerprint density at radius 2 is 1.68 bits per heavy atom. The maximum atomic E-state index is 12.4. The van der Waals surface area contributed by atoms with Crippen LogP contribution < -0.4 is 5.32 Å². The number of ether oxygens (including phenoxy) is 1. The van der Waals surface area contributed by atoms with Gasteiger partial charge in [-0.05, 0) is 56.3 Å². The van der Waals surface area contributed by atoms with E-state index in [0.29, 0.717) is 16.3 Å². The van der Waals surface area contributed by atoms with Crippen molar-refractivity contribution in [1.82, 2.24) is 4.57 Å². The van der Waals surface area contributed by atoms with Gasteiger partial charge in [-0.2, -0.15) is 0 Å². The summed E-state index contributed by atoms with van der Waals surface area (Å²) >= 11 is 11.9. The maximum absolute atomic E-state index is 12.4. The van der Waals surface area contributed by atoms with Gasteiger partial charge in [0.25, 0.3) is 5.91 Å². The molecule has 144 valence electrons. The van der Waals surface area contributed by atoms with E-state index in [0.717, 1.165) is 17.1 Å². The Morgan fingerprint density at radius 3 is 2.39 bits per heavy atom. The average Bonchev–Trinajstić information content (AvgIpc) is 3.02. The molecule has 3 rings (SSSR count). The van der Waals surface area contributed by atoms with Crippen LogP contribution in [0.2, 0.25) is 10.0 Å². The number of halogens is 2. The van der Waals surface area contributed by atoms with Gasteiger partial charge in [0.1, 0.15) is 0 Å². The molecule has 0 aliphatic rings. The lowest BCUT2D eigenvalue weighted by atomic mass is 10.2.